The van der Waals surface area contributed by atoms with E-state index < -0.39 is 15.3 Å². The third-order valence-electron chi connectivity index (χ3n) is 5.09. The van der Waals surface area contributed by atoms with Crippen LogP contribution in [0.1, 0.15) is 48.2 Å². The summed E-state index contributed by atoms with van der Waals surface area (Å²) < 4.78 is 26.2. The Morgan fingerprint density at radius 3 is 2.30 bits per heavy atom. The Kier molecular flexibility index (Phi) is 7.82. The third-order valence-corrected chi connectivity index (χ3v) is 6.94. The molecule has 0 aromatic heterocycles. The minimum atomic E-state index is -3.18. The van der Waals surface area contributed by atoms with Gasteiger partial charge in [-0.25, -0.2) is 13.1 Å². The molecule has 1 fully saturated rings. The van der Waals surface area contributed by atoms with Crippen LogP contribution in [0.3, 0.4) is 0 Å². The molecule has 1 aromatic carbocycles. The molecule has 2 N–H and O–H groups in total. The van der Waals surface area contributed by atoms with Crippen LogP contribution in [0.15, 0.2) is 18.2 Å². The van der Waals surface area contributed by atoms with E-state index in [1.807, 2.05) is 26.0 Å². The first-order chi connectivity index (χ1) is 12.7. The molecule has 0 atom stereocenters. The van der Waals surface area contributed by atoms with E-state index in [0.29, 0.717) is 19.0 Å². The lowest BCUT2D eigenvalue weighted by molar-refractivity contribution is 0.0936. The molecule has 0 saturated carbocycles. The number of carbonyl (C=O) groups excluding carboxylic acids is 1. The molecule has 6 nitrogen and oxygen atoms in total. The van der Waals surface area contributed by atoms with Crippen molar-refractivity contribution in [3.8, 4) is 0 Å². The van der Waals surface area contributed by atoms with Gasteiger partial charge in [0.15, 0.2) is 0 Å². The number of benzene rings is 1. The summed E-state index contributed by atoms with van der Waals surface area (Å²) in [6.45, 7) is 11.1. The van der Waals surface area contributed by atoms with Gasteiger partial charge in [-0.3, -0.25) is 4.79 Å². The molecule has 1 heterocycles. The van der Waals surface area contributed by atoms with Gasteiger partial charge in [0.1, 0.15) is 0 Å². The highest BCUT2D eigenvalue weighted by Crippen LogP contribution is 2.16. The summed E-state index contributed by atoms with van der Waals surface area (Å²) in [5.41, 5.74) is 2.92. The van der Waals surface area contributed by atoms with E-state index in [-0.39, 0.29) is 5.91 Å². The van der Waals surface area contributed by atoms with Crippen LogP contribution in [0, 0.1) is 19.8 Å². The van der Waals surface area contributed by atoms with Crippen molar-refractivity contribution in [2.45, 2.75) is 45.8 Å². The van der Waals surface area contributed by atoms with E-state index in [0.717, 1.165) is 49.2 Å². The van der Waals surface area contributed by atoms with Gasteiger partial charge in [-0.05, 0) is 71.7 Å². The molecule has 0 aliphatic carbocycles. The van der Waals surface area contributed by atoms with Crippen molar-refractivity contribution in [3.63, 3.8) is 0 Å². The van der Waals surface area contributed by atoms with Crippen molar-refractivity contribution in [3.05, 3.63) is 34.9 Å². The van der Waals surface area contributed by atoms with Crippen LogP contribution in [-0.4, -0.2) is 57.2 Å². The first-order valence-corrected chi connectivity index (χ1v) is 11.3. The van der Waals surface area contributed by atoms with Gasteiger partial charge in [0.25, 0.3) is 5.91 Å². The van der Waals surface area contributed by atoms with E-state index >= 15 is 0 Å². The molecule has 1 amide bonds. The Bertz CT molecular complexity index is 719. The van der Waals surface area contributed by atoms with Gasteiger partial charge in [0.05, 0.1) is 5.25 Å². The Morgan fingerprint density at radius 1 is 1.15 bits per heavy atom. The fraction of sp³-hybridized carbons (Fsp3) is 0.650. The van der Waals surface area contributed by atoms with Crippen LogP contribution >= 0.6 is 0 Å². The Balaban J connectivity index is 1.69. The molecular weight excluding hydrogens is 362 g/mol. The van der Waals surface area contributed by atoms with E-state index in [4.69, 9.17) is 0 Å². The minimum absolute atomic E-state index is 0.00711. The summed E-state index contributed by atoms with van der Waals surface area (Å²) >= 11 is 0. The van der Waals surface area contributed by atoms with Crippen LogP contribution in [0.5, 0.6) is 0 Å². The highest BCUT2D eigenvalue weighted by Gasteiger charge is 2.21. The molecule has 7 heteroatoms. The van der Waals surface area contributed by atoms with E-state index in [2.05, 4.69) is 21.0 Å². The molecule has 152 valence electrons. The predicted molar refractivity (Wildman–Crippen MR) is 109 cm³/mol. The topological polar surface area (TPSA) is 78.5 Å². The largest absolute Gasteiger partial charge is 0.352 e. The van der Waals surface area contributed by atoms with Gasteiger partial charge in [-0.1, -0.05) is 17.2 Å². The number of carbonyl (C=O) groups is 1. The van der Waals surface area contributed by atoms with Crippen molar-refractivity contribution in [1.29, 1.82) is 0 Å². The highest BCUT2D eigenvalue weighted by atomic mass is 32.2. The second-order valence-corrected chi connectivity index (χ2v) is 10.2. The summed E-state index contributed by atoms with van der Waals surface area (Å²) in [5, 5.41) is 2.67. The third kappa shape index (κ3) is 6.90. The Hall–Kier alpha value is -1.44. The number of hydrogen-bond donors (Lipinski definition) is 2. The molecule has 2 rings (SSSR count). The van der Waals surface area contributed by atoms with Crippen LogP contribution < -0.4 is 10.0 Å². The number of likely N-dealkylation sites (tertiary alicyclic amines) is 1. The van der Waals surface area contributed by atoms with Gasteiger partial charge in [-0.2, -0.15) is 0 Å². The standard InChI is InChI=1S/C20H33N3O3S/c1-15(2)27(25,26)22-7-10-23-8-5-18(6-9-23)14-21-20(24)19-12-16(3)11-17(4)13-19/h11-13,15,18,22H,5-10,14H2,1-4H3,(H,21,24). The average molecular weight is 396 g/mol. The fourth-order valence-corrected chi connectivity index (χ4v) is 4.08. The van der Waals surface area contributed by atoms with Gasteiger partial charge in [-0.15, -0.1) is 0 Å². The number of nitrogens with zero attached hydrogens (tertiary/aromatic N) is 1. The SMILES string of the molecule is Cc1cc(C)cc(C(=O)NCC2CCN(CCNS(=O)(=O)C(C)C)CC2)c1. The first kappa shape index (κ1) is 21.9. The molecule has 27 heavy (non-hydrogen) atoms. The molecule has 1 aromatic rings. The quantitative estimate of drug-likeness (QED) is 0.706. The normalized spacial score (nSPS) is 16.6. The van der Waals surface area contributed by atoms with Crippen molar-refractivity contribution >= 4 is 15.9 Å². The summed E-state index contributed by atoms with van der Waals surface area (Å²) in [7, 11) is -3.18. The molecule has 0 bridgehead atoms. The van der Waals surface area contributed by atoms with Crippen LogP contribution in [-0.2, 0) is 10.0 Å². The predicted octanol–water partition coefficient (Wildman–Crippen LogP) is 2.07. The molecular formula is C20H33N3O3S. The number of rotatable bonds is 8. The van der Waals surface area contributed by atoms with Crippen molar-refractivity contribution in [2.75, 3.05) is 32.7 Å². The Morgan fingerprint density at radius 2 is 1.74 bits per heavy atom. The van der Waals surface area contributed by atoms with Gasteiger partial charge >= 0.3 is 0 Å². The van der Waals surface area contributed by atoms with Crippen molar-refractivity contribution in [1.82, 2.24) is 14.9 Å². The lowest BCUT2D eigenvalue weighted by Gasteiger charge is -2.32. The zero-order valence-corrected chi connectivity index (χ0v) is 17.7. The van der Waals surface area contributed by atoms with Gasteiger partial charge < -0.3 is 10.2 Å². The lowest BCUT2D eigenvalue weighted by Crippen LogP contribution is -2.42. The maximum atomic E-state index is 12.4. The number of piperidine rings is 1. The first-order valence-electron chi connectivity index (χ1n) is 9.74. The molecule has 0 radical (unpaired) electrons. The summed E-state index contributed by atoms with van der Waals surface area (Å²) in [5.74, 6) is 0.468. The molecule has 0 spiro atoms. The van der Waals surface area contributed by atoms with E-state index in [1.54, 1.807) is 13.8 Å². The maximum absolute atomic E-state index is 12.4. The number of amides is 1. The second kappa shape index (κ2) is 9.66. The smallest absolute Gasteiger partial charge is 0.251 e. The van der Waals surface area contributed by atoms with Crippen LogP contribution in [0.4, 0.5) is 0 Å². The fourth-order valence-electron chi connectivity index (χ4n) is 3.37. The van der Waals surface area contributed by atoms with Crippen LogP contribution in [0.2, 0.25) is 0 Å². The molecule has 1 aliphatic heterocycles. The maximum Gasteiger partial charge on any atom is 0.251 e. The lowest BCUT2D eigenvalue weighted by atomic mass is 9.96. The molecule has 1 saturated heterocycles. The highest BCUT2D eigenvalue weighted by molar-refractivity contribution is 7.90. The second-order valence-electron chi connectivity index (χ2n) is 7.86. The zero-order valence-electron chi connectivity index (χ0n) is 16.9. The van der Waals surface area contributed by atoms with E-state index in [1.165, 1.54) is 0 Å². The van der Waals surface area contributed by atoms with Crippen LogP contribution in [0.25, 0.3) is 0 Å². The minimum Gasteiger partial charge on any atom is -0.352 e. The summed E-state index contributed by atoms with van der Waals surface area (Å²) in [6.07, 6.45) is 2.04. The number of aryl methyl sites for hydroxylation is 2. The summed E-state index contributed by atoms with van der Waals surface area (Å²) in [4.78, 5) is 14.6. The van der Waals surface area contributed by atoms with E-state index in [9.17, 15) is 13.2 Å². The number of nitrogens with one attached hydrogen (secondary N) is 2. The summed E-state index contributed by atoms with van der Waals surface area (Å²) in [6, 6.07) is 5.90. The van der Waals surface area contributed by atoms with Crippen molar-refractivity contribution < 1.29 is 13.2 Å². The molecule has 0 unspecified atom stereocenters. The zero-order chi connectivity index (χ0) is 20.0. The van der Waals surface area contributed by atoms with Gasteiger partial charge in [0.2, 0.25) is 10.0 Å². The Labute approximate surface area is 163 Å². The average Bonchev–Trinajstić information content (AvgIpc) is 2.59. The van der Waals surface area contributed by atoms with Crippen molar-refractivity contribution in [2.24, 2.45) is 5.92 Å². The van der Waals surface area contributed by atoms with Gasteiger partial charge in [0, 0.05) is 25.2 Å². The number of hydrogen-bond acceptors (Lipinski definition) is 4. The monoisotopic (exact) mass is 395 g/mol. The number of sulfonamides is 1. The molecule has 1 aliphatic rings.